The van der Waals surface area contributed by atoms with E-state index in [1.807, 2.05) is 4.72 Å². The SMILES string of the molecule is COc1cc(C)cc(NS(=O)(=O)[O-])c1.[Na+]. The fourth-order valence-electron chi connectivity index (χ4n) is 1.07. The molecule has 0 unspecified atom stereocenters. The van der Waals surface area contributed by atoms with Crippen molar-refractivity contribution >= 4 is 16.0 Å². The fraction of sp³-hybridized carbons (Fsp3) is 0.250. The van der Waals surface area contributed by atoms with Gasteiger partial charge < -0.3 is 9.29 Å². The van der Waals surface area contributed by atoms with Crippen LogP contribution < -0.4 is 39.0 Å². The quantitative estimate of drug-likeness (QED) is 0.483. The van der Waals surface area contributed by atoms with Crippen LogP contribution in [0, 0.1) is 6.92 Å². The standard InChI is InChI=1S/C8H11NO4S.Na/c1-6-3-7(9-14(10,11)12)5-8(4-6)13-2;/h3-5,9H,1-2H3,(H,10,11,12);/q;+1/p-1. The van der Waals surface area contributed by atoms with E-state index in [0.717, 1.165) is 5.56 Å². The van der Waals surface area contributed by atoms with Gasteiger partial charge in [-0.3, -0.25) is 4.72 Å². The predicted molar refractivity (Wildman–Crippen MR) is 51.1 cm³/mol. The summed E-state index contributed by atoms with van der Waals surface area (Å²) < 4.78 is 38.0. The van der Waals surface area contributed by atoms with Gasteiger partial charge in [-0.25, -0.2) is 8.42 Å². The van der Waals surface area contributed by atoms with Gasteiger partial charge in [0, 0.05) is 6.07 Å². The zero-order valence-corrected chi connectivity index (χ0v) is 11.6. The molecule has 0 atom stereocenters. The largest absolute Gasteiger partial charge is 1.00 e. The number of ether oxygens (including phenoxy) is 1. The zero-order chi connectivity index (χ0) is 10.8. The van der Waals surface area contributed by atoms with Gasteiger partial charge in [-0.15, -0.1) is 0 Å². The van der Waals surface area contributed by atoms with E-state index in [4.69, 9.17) is 4.74 Å². The van der Waals surface area contributed by atoms with Crippen molar-refractivity contribution in [2.45, 2.75) is 6.92 Å². The van der Waals surface area contributed by atoms with Gasteiger partial charge in [-0.1, -0.05) is 0 Å². The Bertz CT molecular complexity index is 432. The molecule has 1 N–H and O–H groups in total. The number of hydrogen-bond acceptors (Lipinski definition) is 4. The van der Waals surface area contributed by atoms with Crippen molar-refractivity contribution in [2.24, 2.45) is 0 Å². The van der Waals surface area contributed by atoms with Crippen LogP contribution in [0.4, 0.5) is 5.69 Å². The molecule has 0 bridgehead atoms. The third-order valence-corrected chi connectivity index (χ3v) is 2.02. The molecule has 0 aromatic heterocycles. The number of benzene rings is 1. The maximum absolute atomic E-state index is 10.4. The molecule has 0 aliphatic heterocycles. The van der Waals surface area contributed by atoms with Gasteiger partial charge in [0.25, 0.3) is 0 Å². The van der Waals surface area contributed by atoms with Crippen molar-refractivity contribution in [3.8, 4) is 5.75 Å². The number of anilines is 1. The molecule has 0 saturated heterocycles. The maximum atomic E-state index is 10.4. The van der Waals surface area contributed by atoms with Crippen LogP contribution in [0.3, 0.4) is 0 Å². The van der Waals surface area contributed by atoms with Crippen LogP contribution in [0.2, 0.25) is 0 Å². The first-order valence-electron chi connectivity index (χ1n) is 3.80. The summed E-state index contributed by atoms with van der Waals surface area (Å²) in [5.74, 6) is 0.496. The second-order valence-electron chi connectivity index (χ2n) is 2.80. The normalized spacial score (nSPS) is 10.3. The van der Waals surface area contributed by atoms with Gasteiger partial charge in [-0.05, 0) is 24.6 Å². The Kier molecular flexibility index (Phi) is 5.61. The summed E-state index contributed by atoms with van der Waals surface area (Å²) in [6.45, 7) is 1.77. The topological polar surface area (TPSA) is 78.5 Å². The third kappa shape index (κ3) is 5.39. The molecular weight excluding hydrogens is 229 g/mol. The molecule has 7 heteroatoms. The molecule has 15 heavy (non-hydrogen) atoms. The molecule has 0 aliphatic carbocycles. The van der Waals surface area contributed by atoms with Crippen LogP contribution in [0.5, 0.6) is 5.75 Å². The number of methoxy groups -OCH3 is 1. The summed E-state index contributed by atoms with van der Waals surface area (Å²) in [4.78, 5) is 0. The minimum absolute atomic E-state index is 0. The average Bonchev–Trinajstić information content (AvgIpc) is 1.99. The van der Waals surface area contributed by atoms with Gasteiger partial charge >= 0.3 is 29.6 Å². The monoisotopic (exact) mass is 239 g/mol. The molecule has 0 fully saturated rings. The van der Waals surface area contributed by atoms with Crippen LogP contribution >= 0.6 is 0 Å². The van der Waals surface area contributed by atoms with Gasteiger partial charge in [0.2, 0.25) is 0 Å². The molecule has 1 rings (SSSR count). The summed E-state index contributed by atoms with van der Waals surface area (Å²) in [6.07, 6.45) is 0. The van der Waals surface area contributed by atoms with Gasteiger partial charge in [-0.2, -0.15) is 0 Å². The number of aryl methyl sites for hydroxylation is 1. The van der Waals surface area contributed by atoms with E-state index in [-0.39, 0.29) is 35.2 Å². The van der Waals surface area contributed by atoms with E-state index >= 15 is 0 Å². The summed E-state index contributed by atoms with van der Waals surface area (Å²) >= 11 is 0. The Hall–Kier alpha value is -0.270. The molecule has 0 amide bonds. The first-order valence-corrected chi connectivity index (χ1v) is 5.21. The second kappa shape index (κ2) is 5.72. The molecule has 1 aromatic carbocycles. The molecule has 1 aromatic rings. The van der Waals surface area contributed by atoms with Crippen molar-refractivity contribution < 1.29 is 47.3 Å². The number of hydrogen-bond donors (Lipinski definition) is 1. The first-order chi connectivity index (χ1) is 6.40. The number of rotatable bonds is 3. The summed E-state index contributed by atoms with van der Waals surface area (Å²) in [6, 6.07) is 4.70. The summed E-state index contributed by atoms with van der Waals surface area (Å²) in [5.41, 5.74) is 1.01. The van der Waals surface area contributed by atoms with Crippen molar-refractivity contribution in [1.82, 2.24) is 0 Å². The van der Waals surface area contributed by atoms with Gasteiger partial charge in [0.1, 0.15) is 5.75 Å². The van der Waals surface area contributed by atoms with E-state index < -0.39 is 10.3 Å². The van der Waals surface area contributed by atoms with Crippen molar-refractivity contribution in [1.29, 1.82) is 0 Å². The average molecular weight is 239 g/mol. The molecule has 0 spiro atoms. The fourth-order valence-corrected chi connectivity index (χ4v) is 1.48. The van der Waals surface area contributed by atoms with Crippen LogP contribution in [0.15, 0.2) is 18.2 Å². The Morgan fingerprint density at radius 3 is 2.40 bits per heavy atom. The van der Waals surface area contributed by atoms with Crippen molar-refractivity contribution in [2.75, 3.05) is 11.8 Å². The van der Waals surface area contributed by atoms with Crippen LogP contribution in [0.25, 0.3) is 0 Å². The van der Waals surface area contributed by atoms with Crippen molar-refractivity contribution in [3.63, 3.8) is 0 Å². The molecule has 78 valence electrons. The Labute approximate surface area is 111 Å². The molecule has 0 heterocycles. The molecule has 0 saturated carbocycles. The Morgan fingerprint density at radius 2 is 1.93 bits per heavy atom. The smallest absolute Gasteiger partial charge is 0.731 e. The number of nitrogens with one attached hydrogen (secondary N) is 1. The minimum atomic E-state index is -4.47. The van der Waals surface area contributed by atoms with E-state index in [1.165, 1.54) is 19.2 Å². The van der Waals surface area contributed by atoms with Crippen LogP contribution in [0.1, 0.15) is 5.56 Å². The molecule has 0 radical (unpaired) electrons. The van der Waals surface area contributed by atoms with Crippen molar-refractivity contribution in [3.05, 3.63) is 23.8 Å². The molecule has 0 aliphatic rings. The zero-order valence-electron chi connectivity index (χ0n) is 8.77. The first kappa shape index (κ1) is 14.7. The van der Waals surface area contributed by atoms with E-state index in [1.54, 1.807) is 13.0 Å². The summed E-state index contributed by atoms with van der Waals surface area (Å²) in [5, 5.41) is 0. The molecule has 5 nitrogen and oxygen atoms in total. The summed E-state index contributed by atoms with van der Waals surface area (Å²) in [7, 11) is -3.01. The van der Waals surface area contributed by atoms with Crippen LogP contribution in [-0.2, 0) is 10.3 Å². The van der Waals surface area contributed by atoms with Gasteiger partial charge in [0.05, 0.1) is 12.8 Å². The molecular formula is C8H10NNaO4S. The Balaban J connectivity index is 0.00000196. The van der Waals surface area contributed by atoms with E-state index in [2.05, 4.69) is 0 Å². The minimum Gasteiger partial charge on any atom is -0.731 e. The second-order valence-corrected chi connectivity index (χ2v) is 3.91. The van der Waals surface area contributed by atoms with Gasteiger partial charge in [0.15, 0.2) is 10.3 Å². The Morgan fingerprint density at radius 1 is 1.33 bits per heavy atom. The maximum Gasteiger partial charge on any atom is 1.00 e. The third-order valence-electron chi connectivity index (χ3n) is 1.53. The predicted octanol–water partition coefficient (Wildman–Crippen LogP) is -2.12. The van der Waals surface area contributed by atoms with E-state index in [9.17, 15) is 13.0 Å². The van der Waals surface area contributed by atoms with E-state index in [0.29, 0.717) is 5.75 Å². The van der Waals surface area contributed by atoms with Crippen LogP contribution in [-0.4, -0.2) is 20.1 Å².